The lowest BCUT2D eigenvalue weighted by Gasteiger charge is -2.07. The Morgan fingerprint density at radius 1 is 1.10 bits per heavy atom. The molecule has 2 aromatic rings. The minimum Gasteiger partial charge on any atom is -0.279 e. The fourth-order valence-corrected chi connectivity index (χ4v) is 5.03. The van der Waals surface area contributed by atoms with Crippen molar-refractivity contribution in [2.75, 3.05) is 4.72 Å². The van der Waals surface area contributed by atoms with E-state index in [0.717, 1.165) is 10.2 Å². The third kappa shape index (κ3) is 4.83. The van der Waals surface area contributed by atoms with Crippen molar-refractivity contribution >= 4 is 43.0 Å². The van der Waals surface area contributed by atoms with Crippen LogP contribution in [0.2, 0.25) is 0 Å². The summed E-state index contributed by atoms with van der Waals surface area (Å²) in [5.41, 5.74) is 1.84. The van der Waals surface area contributed by atoms with Crippen LogP contribution >= 0.6 is 27.3 Å². The fraction of sp³-hybridized carbons (Fsp3) is 0.333. The maximum atomic E-state index is 12.2. The molecule has 1 heterocycles. The minimum atomic E-state index is -3.49. The number of hydrogen-bond donors (Lipinski definition) is 1. The van der Waals surface area contributed by atoms with Crippen molar-refractivity contribution in [1.29, 1.82) is 0 Å². The molecule has 0 atom stereocenters. The van der Waals surface area contributed by atoms with E-state index in [0.29, 0.717) is 9.90 Å². The van der Waals surface area contributed by atoms with Gasteiger partial charge >= 0.3 is 0 Å². The van der Waals surface area contributed by atoms with Gasteiger partial charge < -0.3 is 0 Å². The quantitative estimate of drug-likeness (QED) is 0.675. The molecule has 1 N–H and O–H groups in total. The third-order valence-corrected chi connectivity index (χ3v) is 6.59. The van der Waals surface area contributed by atoms with Gasteiger partial charge in [0.1, 0.15) is 4.21 Å². The summed E-state index contributed by atoms with van der Waals surface area (Å²) in [4.78, 5) is 0. The van der Waals surface area contributed by atoms with Crippen LogP contribution in [0.25, 0.3) is 0 Å². The smallest absolute Gasteiger partial charge is 0.271 e. The van der Waals surface area contributed by atoms with Crippen LogP contribution in [0.3, 0.4) is 0 Å². The van der Waals surface area contributed by atoms with Gasteiger partial charge in [-0.15, -0.1) is 11.3 Å². The van der Waals surface area contributed by atoms with E-state index < -0.39 is 10.0 Å². The summed E-state index contributed by atoms with van der Waals surface area (Å²) < 4.78 is 28.1. The van der Waals surface area contributed by atoms with Gasteiger partial charge in [0, 0.05) is 5.69 Å². The molecule has 0 radical (unpaired) electrons. The molecule has 0 bridgehead atoms. The second-order valence-electron chi connectivity index (χ2n) is 4.82. The number of anilines is 1. The van der Waals surface area contributed by atoms with Gasteiger partial charge in [-0.1, -0.05) is 31.9 Å². The van der Waals surface area contributed by atoms with Crippen molar-refractivity contribution in [3.05, 3.63) is 45.7 Å². The van der Waals surface area contributed by atoms with E-state index in [2.05, 4.69) is 27.6 Å². The second-order valence-corrected chi connectivity index (χ2v) is 9.19. The van der Waals surface area contributed by atoms with Gasteiger partial charge in [0.05, 0.1) is 3.79 Å². The first-order chi connectivity index (χ1) is 10.0. The second kappa shape index (κ2) is 7.42. The molecule has 0 unspecified atom stereocenters. The molecule has 0 spiro atoms. The molecule has 0 aliphatic heterocycles. The molecule has 0 saturated carbocycles. The normalized spacial score (nSPS) is 11.5. The van der Waals surface area contributed by atoms with Gasteiger partial charge in [-0.25, -0.2) is 8.42 Å². The number of thiophene rings is 1. The number of unbranched alkanes of at least 4 members (excludes halogenated alkanes) is 2. The van der Waals surface area contributed by atoms with Gasteiger partial charge in [-0.3, -0.25) is 4.72 Å². The number of rotatable bonds is 7. The fourth-order valence-electron chi connectivity index (χ4n) is 1.97. The number of hydrogen-bond acceptors (Lipinski definition) is 3. The van der Waals surface area contributed by atoms with Crippen LogP contribution in [-0.4, -0.2) is 8.42 Å². The van der Waals surface area contributed by atoms with Crippen LogP contribution in [0.15, 0.2) is 44.4 Å². The maximum absolute atomic E-state index is 12.2. The molecular weight excluding hydrogens is 370 g/mol. The van der Waals surface area contributed by atoms with Crippen LogP contribution in [0.5, 0.6) is 0 Å². The molecule has 0 aliphatic carbocycles. The van der Waals surface area contributed by atoms with E-state index in [4.69, 9.17) is 0 Å². The first kappa shape index (κ1) is 16.5. The molecule has 2 rings (SSSR count). The van der Waals surface area contributed by atoms with Crippen LogP contribution < -0.4 is 4.72 Å². The Hall–Kier alpha value is -0.850. The number of halogens is 1. The van der Waals surface area contributed by atoms with Crippen molar-refractivity contribution in [3.63, 3.8) is 0 Å². The van der Waals surface area contributed by atoms with Gasteiger partial charge in [0.15, 0.2) is 0 Å². The van der Waals surface area contributed by atoms with Gasteiger partial charge in [-0.05, 0) is 58.6 Å². The third-order valence-electron chi connectivity index (χ3n) is 3.09. The Bertz CT molecular complexity index is 678. The summed E-state index contributed by atoms with van der Waals surface area (Å²) in [5, 5.41) is 0. The zero-order valence-electron chi connectivity index (χ0n) is 11.8. The van der Waals surface area contributed by atoms with Crippen molar-refractivity contribution in [3.8, 4) is 0 Å². The molecule has 1 aromatic carbocycles. The Kier molecular flexibility index (Phi) is 5.84. The van der Waals surface area contributed by atoms with E-state index in [1.807, 2.05) is 24.3 Å². The van der Waals surface area contributed by atoms with E-state index in [1.54, 1.807) is 12.1 Å². The Labute approximate surface area is 138 Å². The number of nitrogens with one attached hydrogen (secondary N) is 1. The summed E-state index contributed by atoms with van der Waals surface area (Å²) >= 11 is 4.47. The lowest BCUT2D eigenvalue weighted by molar-refractivity contribution is 0.603. The summed E-state index contributed by atoms with van der Waals surface area (Å²) in [7, 11) is -3.49. The average molecular weight is 388 g/mol. The molecule has 21 heavy (non-hydrogen) atoms. The summed E-state index contributed by atoms with van der Waals surface area (Å²) in [6.45, 7) is 2.18. The van der Waals surface area contributed by atoms with Gasteiger partial charge in [-0.2, -0.15) is 0 Å². The van der Waals surface area contributed by atoms with Crippen LogP contribution in [0.1, 0.15) is 31.7 Å². The topological polar surface area (TPSA) is 46.2 Å². The monoisotopic (exact) mass is 387 g/mol. The maximum Gasteiger partial charge on any atom is 0.271 e. The molecule has 6 heteroatoms. The van der Waals surface area contributed by atoms with Crippen molar-refractivity contribution in [2.24, 2.45) is 0 Å². The minimum absolute atomic E-state index is 0.307. The van der Waals surface area contributed by atoms with Crippen LogP contribution in [0.4, 0.5) is 5.69 Å². The summed E-state index contributed by atoms with van der Waals surface area (Å²) in [6, 6.07) is 10.9. The van der Waals surface area contributed by atoms with E-state index in [1.165, 1.54) is 36.2 Å². The predicted molar refractivity (Wildman–Crippen MR) is 92.5 cm³/mol. The lowest BCUT2D eigenvalue weighted by atomic mass is 10.1. The molecule has 0 aliphatic rings. The van der Waals surface area contributed by atoms with Crippen molar-refractivity contribution < 1.29 is 8.42 Å². The average Bonchev–Trinajstić information content (AvgIpc) is 2.88. The van der Waals surface area contributed by atoms with Gasteiger partial charge in [0.2, 0.25) is 0 Å². The molecular formula is C15H18BrNO2S2. The van der Waals surface area contributed by atoms with E-state index >= 15 is 0 Å². The SMILES string of the molecule is CCCCCc1ccc(NS(=O)(=O)c2ccc(Br)s2)cc1. The lowest BCUT2D eigenvalue weighted by Crippen LogP contribution is -2.11. The molecule has 0 amide bonds. The van der Waals surface area contributed by atoms with Crippen molar-refractivity contribution in [2.45, 2.75) is 36.8 Å². The Morgan fingerprint density at radius 3 is 2.38 bits per heavy atom. The van der Waals surface area contributed by atoms with Crippen LogP contribution in [0, 0.1) is 0 Å². The first-order valence-electron chi connectivity index (χ1n) is 6.88. The predicted octanol–water partition coefficient (Wildman–Crippen LogP) is 5.04. The summed E-state index contributed by atoms with van der Waals surface area (Å²) in [6.07, 6.45) is 4.64. The molecule has 1 aromatic heterocycles. The zero-order valence-corrected chi connectivity index (χ0v) is 15.0. The van der Waals surface area contributed by atoms with Crippen molar-refractivity contribution in [1.82, 2.24) is 0 Å². The number of benzene rings is 1. The zero-order chi connectivity index (χ0) is 15.3. The molecule has 114 valence electrons. The van der Waals surface area contributed by atoms with Crippen LogP contribution in [-0.2, 0) is 16.4 Å². The summed E-state index contributed by atoms with van der Waals surface area (Å²) in [5.74, 6) is 0. The first-order valence-corrected chi connectivity index (χ1v) is 9.97. The number of aryl methyl sites for hydroxylation is 1. The highest BCUT2D eigenvalue weighted by atomic mass is 79.9. The molecule has 0 fully saturated rings. The Balaban J connectivity index is 2.03. The Morgan fingerprint density at radius 2 is 1.81 bits per heavy atom. The highest BCUT2D eigenvalue weighted by Gasteiger charge is 2.16. The standard InChI is InChI=1S/C15H18BrNO2S2/c1-2-3-4-5-12-6-8-13(9-7-12)17-21(18,19)15-11-10-14(16)20-15/h6-11,17H,2-5H2,1H3. The number of sulfonamides is 1. The highest BCUT2D eigenvalue weighted by Crippen LogP contribution is 2.27. The largest absolute Gasteiger partial charge is 0.279 e. The molecule has 0 saturated heterocycles. The molecule has 3 nitrogen and oxygen atoms in total. The van der Waals surface area contributed by atoms with E-state index in [9.17, 15) is 8.42 Å². The van der Waals surface area contributed by atoms with Gasteiger partial charge in [0.25, 0.3) is 10.0 Å². The highest BCUT2D eigenvalue weighted by molar-refractivity contribution is 9.11. The van der Waals surface area contributed by atoms with E-state index in [-0.39, 0.29) is 0 Å².